The first-order valence-corrected chi connectivity index (χ1v) is 9.29. The van der Waals surface area contributed by atoms with E-state index in [1.54, 1.807) is 0 Å². The Morgan fingerprint density at radius 2 is 2.04 bits per heavy atom. The molecule has 0 aromatic carbocycles. The molecule has 0 unspecified atom stereocenters. The summed E-state index contributed by atoms with van der Waals surface area (Å²) in [6.07, 6.45) is 3.13. The minimum absolute atomic E-state index is 0.504. The molecule has 6 heteroatoms. The maximum absolute atomic E-state index is 5.41. The Morgan fingerprint density at radius 3 is 2.74 bits per heavy atom. The lowest BCUT2D eigenvalue weighted by molar-refractivity contribution is 0.122. The average Bonchev–Trinajstić information content (AvgIpc) is 2.53. The van der Waals surface area contributed by atoms with Crippen molar-refractivity contribution in [2.45, 2.75) is 32.4 Å². The summed E-state index contributed by atoms with van der Waals surface area (Å²) < 4.78 is 6.47. The highest BCUT2D eigenvalue weighted by molar-refractivity contribution is 9.10. The van der Waals surface area contributed by atoms with Crippen LogP contribution in [0.2, 0.25) is 0 Å². The van der Waals surface area contributed by atoms with Crippen LogP contribution in [-0.4, -0.2) is 61.9 Å². The topological polar surface area (TPSA) is 40.6 Å². The predicted octanol–water partition coefficient (Wildman–Crippen LogP) is 2.82. The van der Waals surface area contributed by atoms with Crippen molar-refractivity contribution in [1.29, 1.82) is 0 Å². The Morgan fingerprint density at radius 1 is 1.30 bits per heavy atom. The lowest BCUT2D eigenvalue weighted by Gasteiger charge is -2.40. The zero-order valence-electron chi connectivity index (χ0n) is 14.3. The van der Waals surface area contributed by atoms with Crippen molar-refractivity contribution >= 4 is 27.4 Å². The number of aromatic nitrogens is 1. The Kier molecular flexibility index (Phi) is 5.44. The number of hydrogen-bond acceptors (Lipinski definition) is 5. The highest BCUT2D eigenvalue weighted by Gasteiger charge is 2.29. The maximum Gasteiger partial charge on any atom is 0.143 e. The van der Waals surface area contributed by atoms with Crippen molar-refractivity contribution in [2.24, 2.45) is 5.92 Å². The van der Waals surface area contributed by atoms with Gasteiger partial charge >= 0.3 is 0 Å². The van der Waals surface area contributed by atoms with E-state index in [1.165, 1.54) is 6.42 Å². The number of nitrogens with one attached hydrogen (secondary N) is 1. The highest BCUT2D eigenvalue weighted by atomic mass is 79.9. The molecule has 3 rings (SSSR count). The fourth-order valence-electron chi connectivity index (χ4n) is 3.47. The molecular formula is C17H27BrN4O. The van der Waals surface area contributed by atoms with E-state index >= 15 is 0 Å². The summed E-state index contributed by atoms with van der Waals surface area (Å²) in [5, 5.41) is 3.69. The Hall–Kier alpha value is -0.850. The zero-order valence-corrected chi connectivity index (χ0v) is 15.8. The second kappa shape index (κ2) is 7.36. The number of hydrogen-bond donors (Lipinski definition) is 1. The Labute approximate surface area is 147 Å². The third-order valence-electron chi connectivity index (χ3n) is 5.09. The van der Waals surface area contributed by atoms with Gasteiger partial charge in [-0.25, -0.2) is 4.98 Å². The average molecular weight is 383 g/mol. The van der Waals surface area contributed by atoms with Crippen LogP contribution in [0, 0.1) is 5.92 Å². The van der Waals surface area contributed by atoms with E-state index in [0.29, 0.717) is 18.0 Å². The molecule has 2 fully saturated rings. The lowest BCUT2D eigenvalue weighted by Crippen LogP contribution is -2.48. The van der Waals surface area contributed by atoms with Gasteiger partial charge in [0.25, 0.3) is 0 Å². The van der Waals surface area contributed by atoms with Gasteiger partial charge in [-0.3, -0.25) is 0 Å². The summed E-state index contributed by atoms with van der Waals surface area (Å²) in [6, 6.07) is 3.28. The molecule has 1 aromatic heterocycles. The van der Waals surface area contributed by atoms with Crippen LogP contribution in [0.25, 0.3) is 0 Å². The molecule has 2 aliphatic heterocycles. The molecule has 0 saturated carbocycles. The van der Waals surface area contributed by atoms with Crippen molar-refractivity contribution < 1.29 is 4.74 Å². The molecule has 1 N–H and O–H groups in total. The van der Waals surface area contributed by atoms with Crippen molar-refractivity contribution in [3.8, 4) is 0 Å². The SMILES string of the molecule is C[C@@H]1CN(C)[C@@H](C)C[C@@H]1Nc1cnc(N2CCOCC2)c(Br)c1. The van der Waals surface area contributed by atoms with Crippen LogP contribution in [0.15, 0.2) is 16.7 Å². The normalized spacial score (nSPS) is 29.6. The lowest BCUT2D eigenvalue weighted by atomic mass is 9.90. The van der Waals surface area contributed by atoms with Gasteiger partial charge in [-0.15, -0.1) is 0 Å². The summed E-state index contributed by atoms with van der Waals surface area (Å²) >= 11 is 3.69. The monoisotopic (exact) mass is 382 g/mol. The van der Waals surface area contributed by atoms with Crippen LogP contribution >= 0.6 is 15.9 Å². The first kappa shape index (κ1) is 17.0. The molecule has 0 aliphatic carbocycles. The second-order valence-corrected chi connectivity index (χ2v) is 7.74. The summed E-state index contributed by atoms with van der Waals surface area (Å²) in [5.41, 5.74) is 1.10. The number of anilines is 2. The summed E-state index contributed by atoms with van der Waals surface area (Å²) in [7, 11) is 2.21. The van der Waals surface area contributed by atoms with Crippen LogP contribution in [0.1, 0.15) is 20.3 Å². The smallest absolute Gasteiger partial charge is 0.143 e. The van der Waals surface area contributed by atoms with Gasteiger partial charge in [0.2, 0.25) is 0 Å². The number of morpholine rings is 1. The Bertz CT molecular complexity index is 535. The van der Waals surface area contributed by atoms with Crippen molar-refractivity contribution in [2.75, 3.05) is 50.1 Å². The van der Waals surface area contributed by atoms with Gasteiger partial charge < -0.3 is 19.9 Å². The van der Waals surface area contributed by atoms with Crippen molar-refractivity contribution in [3.05, 3.63) is 16.7 Å². The third-order valence-corrected chi connectivity index (χ3v) is 5.68. The molecule has 3 heterocycles. The maximum atomic E-state index is 5.41. The molecular weight excluding hydrogens is 356 g/mol. The minimum atomic E-state index is 0.504. The molecule has 5 nitrogen and oxygen atoms in total. The fourth-order valence-corrected chi connectivity index (χ4v) is 4.07. The van der Waals surface area contributed by atoms with Crippen LogP contribution in [0.3, 0.4) is 0 Å². The molecule has 0 amide bonds. The van der Waals surface area contributed by atoms with Crippen LogP contribution in [0.5, 0.6) is 0 Å². The number of nitrogens with zero attached hydrogens (tertiary/aromatic N) is 3. The van der Waals surface area contributed by atoms with Gasteiger partial charge in [0, 0.05) is 31.7 Å². The number of pyridine rings is 1. The van der Waals surface area contributed by atoms with E-state index in [2.05, 4.69) is 63.0 Å². The zero-order chi connectivity index (χ0) is 16.4. The van der Waals surface area contributed by atoms with Gasteiger partial charge in [0.05, 0.1) is 29.6 Å². The molecule has 0 bridgehead atoms. The number of likely N-dealkylation sites (tertiary alicyclic amines) is 1. The van der Waals surface area contributed by atoms with Crippen LogP contribution in [-0.2, 0) is 4.74 Å². The largest absolute Gasteiger partial charge is 0.381 e. The molecule has 128 valence electrons. The van der Waals surface area contributed by atoms with E-state index in [9.17, 15) is 0 Å². The standard InChI is InChI=1S/C17H27BrN4O/c1-12-11-21(3)13(2)8-16(12)20-14-9-15(18)17(19-10-14)22-4-6-23-7-5-22/h9-10,12-13,16,20H,4-8,11H2,1-3H3/t12-,13+,16+/m1/s1. The fraction of sp³-hybridized carbons (Fsp3) is 0.706. The summed E-state index contributed by atoms with van der Waals surface area (Å²) in [6.45, 7) is 9.13. The Balaban J connectivity index is 1.68. The van der Waals surface area contributed by atoms with E-state index in [0.717, 1.165) is 48.8 Å². The first-order valence-electron chi connectivity index (χ1n) is 8.49. The summed E-state index contributed by atoms with van der Waals surface area (Å²) in [4.78, 5) is 9.40. The quantitative estimate of drug-likeness (QED) is 0.870. The third kappa shape index (κ3) is 3.98. The summed E-state index contributed by atoms with van der Waals surface area (Å²) in [5.74, 6) is 1.65. The van der Waals surface area contributed by atoms with E-state index < -0.39 is 0 Å². The number of rotatable bonds is 3. The van der Waals surface area contributed by atoms with Gasteiger partial charge in [-0.1, -0.05) is 6.92 Å². The van der Waals surface area contributed by atoms with Crippen LogP contribution < -0.4 is 10.2 Å². The number of ether oxygens (including phenoxy) is 1. The van der Waals surface area contributed by atoms with E-state index in [1.807, 2.05) is 6.20 Å². The molecule has 1 aromatic rings. The van der Waals surface area contributed by atoms with Gasteiger partial charge in [0.15, 0.2) is 0 Å². The van der Waals surface area contributed by atoms with Crippen molar-refractivity contribution in [1.82, 2.24) is 9.88 Å². The molecule has 23 heavy (non-hydrogen) atoms. The molecule has 0 spiro atoms. The van der Waals surface area contributed by atoms with E-state index in [-0.39, 0.29) is 0 Å². The molecule has 3 atom stereocenters. The van der Waals surface area contributed by atoms with E-state index in [4.69, 9.17) is 4.74 Å². The molecule has 2 saturated heterocycles. The first-order chi connectivity index (χ1) is 11.0. The predicted molar refractivity (Wildman–Crippen MR) is 98.3 cm³/mol. The van der Waals surface area contributed by atoms with Crippen LogP contribution in [0.4, 0.5) is 11.5 Å². The number of piperidine rings is 1. The highest BCUT2D eigenvalue weighted by Crippen LogP contribution is 2.29. The second-order valence-electron chi connectivity index (χ2n) is 6.88. The van der Waals surface area contributed by atoms with Gasteiger partial charge in [-0.2, -0.15) is 0 Å². The van der Waals surface area contributed by atoms with Gasteiger partial charge in [-0.05, 0) is 48.3 Å². The van der Waals surface area contributed by atoms with Gasteiger partial charge in [0.1, 0.15) is 5.82 Å². The number of halogens is 1. The van der Waals surface area contributed by atoms with Crippen molar-refractivity contribution in [3.63, 3.8) is 0 Å². The molecule has 0 radical (unpaired) electrons. The molecule has 2 aliphatic rings. The minimum Gasteiger partial charge on any atom is -0.381 e.